The third-order valence-corrected chi connectivity index (χ3v) is 3.01. The zero-order valence-electron chi connectivity index (χ0n) is 12.3. The minimum atomic E-state index is -0.709. The van der Waals surface area contributed by atoms with Crippen LogP contribution in [0.15, 0.2) is 18.2 Å². The minimum absolute atomic E-state index is 0.0830. The molecule has 6 heteroatoms. The molecular formula is C14H22N4O2. The van der Waals surface area contributed by atoms with Crippen molar-refractivity contribution in [2.75, 3.05) is 24.7 Å². The lowest BCUT2D eigenvalue weighted by atomic mass is 10.0. The molecule has 2 amide bonds. The first-order chi connectivity index (χ1) is 9.23. The largest absolute Gasteiger partial charge is 0.399 e. The number of nitrogens with one attached hydrogen (secondary N) is 1. The zero-order chi connectivity index (χ0) is 15.4. The first-order valence-electron chi connectivity index (χ1n) is 6.41. The van der Waals surface area contributed by atoms with Gasteiger partial charge in [-0.15, -0.1) is 0 Å². The smallest absolute Gasteiger partial charge is 0.254 e. The van der Waals surface area contributed by atoms with Crippen molar-refractivity contribution in [3.8, 4) is 0 Å². The molecule has 1 atom stereocenters. The summed E-state index contributed by atoms with van der Waals surface area (Å²) in [6.45, 7) is 3.64. The number of carbonyl (C=O) groups excluding carboxylic acids is 2. The number of amides is 2. The summed E-state index contributed by atoms with van der Waals surface area (Å²) in [5.41, 5.74) is 12.7. The number of nitrogen functional groups attached to an aromatic ring is 1. The van der Waals surface area contributed by atoms with Gasteiger partial charge in [0.15, 0.2) is 0 Å². The van der Waals surface area contributed by atoms with Crippen LogP contribution in [-0.2, 0) is 4.79 Å². The monoisotopic (exact) mass is 278 g/mol. The van der Waals surface area contributed by atoms with Crippen LogP contribution in [0.3, 0.4) is 0 Å². The molecule has 0 fully saturated rings. The lowest BCUT2D eigenvalue weighted by Gasteiger charge is -2.22. The van der Waals surface area contributed by atoms with Gasteiger partial charge in [-0.1, -0.05) is 13.8 Å². The summed E-state index contributed by atoms with van der Waals surface area (Å²) in [6.07, 6.45) is 0. The van der Waals surface area contributed by atoms with Crippen LogP contribution in [0.1, 0.15) is 24.2 Å². The molecule has 0 bridgehead atoms. The average Bonchev–Trinajstić information content (AvgIpc) is 2.34. The highest BCUT2D eigenvalue weighted by atomic mass is 16.2. The van der Waals surface area contributed by atoms with Crippen molar-refractivity contribution in [2.24, 2.45) is 11.7 Å². The minimum Gasteiger partial charge on any atom is -0.399 e. The summed E-state index contributed by atoms with van der Waals surface area (Å²) >= 11 is 0. The lowest BCUT2D eigenvalue weighted by molar-refractivity contribution is -0.120. The molecular weight excluding hydrogens is 256 g/mol. The van der Waals surface area contributed by atoms with Crippen molar-refractivity contribution in [2.45, 2.75) is 19.9 Å². The maximum absolute atomic E-state index is 12.3. The van der Waals surface area contributed by atoms with Gasteiger partial charge in [0.2, 0.25) is 5.91 Å². The first-order valence-corrected chi connectivity index (χ1v) is 6.41. The maximum atomic E-state index is 12.3. The Labute approximate surface area is 119 Å². The zero-order valence-corrected chi connectivity index (χ0v) is 12.3. The number of carbonyl (C=O) groups is 2. The van der Waals surface area contributed by atoms with Crippen LogP contribution in [-0.4, -0.2) is 32.0 Å². The van der Waals surface area contributed by atoms with E-state index in [1.54, 1.807) is 18.2 Å². The Hall–Kier alpha value is -2.24. The second kappa shape index (κ2) is 6.27. The number of nitrogens with zero attached hydrogens (tertiary/aromatic N) is 1. The molecule has 5 N–H and O–H groups in total. The van der Waals surface area contributed by atoms with Crippen molar-refractivity contribution in [3.05, 3.63) is 23.8 Å². The van der Waals surface area contributed by atoms with Gasteiger partial charge < -0.3 is 21.7 Å². The molecule has 20 heavy (non-hydrogen) atoms. The maximum Gasteiger partial charge on any atom is 0.254 e. The van der Waals surface area contributed by atoms with E-state index in [0.29, 0.717) is 11.3 Å². The summed E-state index contributed by atoms with van der Waals surface area (Å²) in [7, 11) is 3.66. The molecule has 1 unspecified atom stereocenters. The molecule has 0 radical (unpaired) electrons. The predicted octanol–water partition coefficient (Wildman–Crippen LogP) is 0.575. The number of hydrogen-bond donors (Lipinski definition) is 3. The molecule has 0 heterocycles. The van der Waals surface area contributed by atoms with Gasteiger partial charge in [-0.25, -0.2) is 0 Å². The molecule has 1 rings (SSSR count). The Morgan fingerprint density at radius 2 is 1.85 bits per heavy atom. The Balaban J connectivity index is 3.08. The third-order valence-electron chi connectivity index (χ3n) is 3.01. The van der Waals surface area contributed by atoms with Crippen LogP contribution in [0.25, 0.3) is 0 Å². The fourth-order valence-electron chi connectivity index (χ4n) is 1.91. The summed E-state index contributed by atoms with van der Waals surface area (Å²) in [5, 5.41) is 2.66. The van der Waals surface area contributed by atoms with E-state index in [9.17, 15) is 9.59 Å². The van der Waals surface area contributed by atoms with Gasteiger partial charge in [-0.05, 0) is 24.1 Å². The number of primary amides is 1. The highest BCUT2D eigenvalue weighted by molar-refractivity contribution is 6.02. The third kappa shape index (κ3) is 3.63. The fourth-order valence-corrected chi connectivity index (χ4v) is 1.91. The fraction of sp³-hybridized carbons (Fsp3) is 0.429. The molecule has 0 aliphatic heterocycles. The number of benzene rings is 1. The molecule has 0 spiro atoms. The Morgan fingerprint density at radius 1 is 1.25 bits per heavy atom. The summed E-state index contributed by atoms with van der Waals surface area (Å²) < 4.78 is 0. The molecule has 6 nitrogen and oxygen atoms in total. The number of nitrogens with two attached hydrogens (primary N) is 2. The molecule has 1 aromatic rings. The number of hydrogen-bond acceptors (Lipinski definition) is 4. The van der Waals surface area contributed by atoms with E-state index in [1.165, 1.54) is 0 Å². The van der Waals surface area contributed by atoms with Gasteiger partial charge in [0.05, 0.1) is 5.56 Å². The molecule has 1 aromatic carbocycles. The second-order valence-electron chi connectivity index (χ2n) is 5.27. The predicted molar refractivity (Wildman–Crippen MR) is 80.5 cm³/mol. The molecule has 0 saturated carbocycles. The van der Waals surface area contributed by atoms with E-state index >= 15 is 0 Å². The first kappa shape index (κ1) is 15.8. The molecule has 0 aliphatic rings. The van der Waals surface area contributed by atoms with Crippen LogP contribution in [0.4, 0.5) is 11.4 Å². The van der Waals surface area contributed by atoms with Gasteiger partial charge in [0.25, 0.3) is 5.91 Å². The number of anilines is 2. The normalized spacial score (nSPS) is 12.1. The molecule has 0 aromatic heterocycles. The van der Waals surface area contributed by atoms with E-state index in [2.05, 4.69) is 5.32 Å². The molecule has 110 valence electrons. The summed E-state index contributed by atoms with van der Waals surface area (Å²) in [4.78, 5) is 25.5. The second-order valence-corrected chi connectivity index (χ2v) is 5.27. The van der Waals surface area contributed by atoms with Crippen LogP contribution < -0.4 is 21.7 Å². The Morgan fingerprint density at radius 3 is 2.30 bits per heavy atom. The Kier molecular flexibility index (Phi) is 4.96. The average molecular weight is 278 g/mol. The van der Waals surface area contributed by atoms with E-state index < -0.39 is 11.9 Å². The van der Waals surface area contributed by atoms with Crippen molar-refractivity contribution in [1.29, 1.82) is 0 Å². The van der Waals surface area contributed by atoms with E-state index in [0.717, 1.165) is 5.69 Å². The van der Waals surface area contributed by atoms with Crippen molar-refractivity contribution < 1.29 is 9.59 Å². The van der Waals surface area contributed by atoms with Crippen LogP contribution >= 0.6 is 0 Å². The van der Waals surface area contributed by atoms with Crippen molar-refractivity contribution in [1.82, 2.24) is 5.32 Å². The van der Waals surface area contributed by atoms with Crippen LogP contribution in [0.5, 0.6) is 0 Å². The molecule has 0 saturated heterocycles. The van der Waals surface area contributed by atoms with Gasteiger partial charge >= 0.3 is 0 Å². The highest BCUT2D eigenvalue weighted by Gasteiger charge is 2.23. The van der Waals surface area contributed by atoms with Crippen molar-refractivity contribution in [3.63, 3.8) is 0 Å². The van der Waals surface area contributed by atoms with Gasteiger partial charge in [-0.2, -0.15) is 0 Å². The lowest BCUT2D eigenvalue weighted by Crippen LogP contribution is -2.47. The highest BCUT2D eigenvalue weighted by Crippen LogP contribution is 2.21. The van der Waals surface area contributed by atoms with E-state index in [-0.39, 0.29) is 11.8 Å². The van der Waals surface area contributed by atoms with E-state index in [1.807, 2.05) is 32.8 Å². The van der Waals surface area contributed by atoms with Crippen LogP contribution in [0, 0.1) is 5.92 Å². The van der Waals surface area contributed by atoms with Crippen LogP contribution in [0.2, 0.25) is 0 Å². The van der Waals surface area contributed by atoms with Gasteiger partial charge in [0.1, 0.15) is 6.04 Å². The summed E-state index contributed by atoms with van der Waals surface area (Å²) in [6, 6.07) is 4.36. The number of rotatable bonds is 5. The van der Waals surface area contributed by atoms with Gasteiger partial charge in [0, 0.05) is 25.5 Å². The Bertz CT molecular complexity index is 512. The quantitative estimate of drug-likeness (QED) is 0.685. The van der Waals surface area contributed by atoms with Gasteiger partial charge in [-0.3, -0.25) is 9.59 Å². The SMILES string of the molecule is CC(C)C(NC(=O)c1cc(N)ccc1N(C)C)C(N)=O. The standard InChI is InChI=1S/C14H22N4O2/c1-8(2)12(13(16)19)17-14(20)10-7-9(15)5-6-11(10)18(3)4/h5-8,12H,15H2,1-4H3,(H2,16,19)(H,17,20). The van der Waals surface area contributed by atoms with Crippen molar-refractivity contribution >= 4 is 23.2 Å². The topological polar surface area (TPSA) is 101 Å². The summed E-state index contributed by atoms with van der Waals surface area (Å²) in [5.74, 6) is -0.998. The molecule has 0 aliphatic carbocycles. The van der Waals surface area contributed by atoms with E-state index in [4.69, 9.17) is 11.5 Å².